The molecule has 0 aromatic carbocycles. The fourth-order valence-electron chi connectivity index (χ4n) is 3.09. The average molecular weight is 284 g/mol. The smallest absolute Gasteiger partial charge is 0.253 e. The molecule has 2 aromatic rings. The summed E-state index contributed by atoms with van der Waals surface area (Å²) >= 11 is 0. The van der Waals surface area contributed by atoms with Crippen LogP contribution in [0.5, 0.6) is 0 Å². The molecular weight excluding hydrogens is 264 g/mol. The minimum atomic E-state index is 0.0790. The largest absolute Gasteiger partial charge is 0.339 e. The number of aromatic amines is 1. The van der Waals surface area contributed by atoms with Crippen LogP contribution >= 0.6 is 0 Å². The Morgan fingerprint density at radius 2 is 1.95 bits per heavy atom. The Labute approximate surface area is 124 Å². The lowest BCUT2D eigenvalue weighted by Gasteiger charge is -2.39. The van der Waals surface area contributed by atoms with Crippen molar-refractivity contribution in [1.82, 2.24) is 20.1 Å². The quantitative estimate of drug-likeness (QED) is 0.920. The zero-order valence-corrected chi connectivity index (χ0v) is 12.5. The van der Waals surface area contributed by atoms with Crippen LogP contribution < -0.4 is 0 Å². The second-order valence-electron chi connectivity index (χ2n) is 6.02. The molecule has 0 bridgehead atoms. The molecule has 0 radical (unpaired) electrons. The van der Waals surface area contributed by atoms with Crippen molar-refractivity contribution in [3.8, 4) is 0 Å². The van der Waals surface area contributed by atoms with Crippen LogP contribution in [-0.2, 0) is 5.41 Å². The first-order valence-electron chi connectivity index (χ1n) is 7.30. The highest BCUT2D eigenvalue weighted by Crippen LogP contribution is 2.35. The molecule has 2 aromatic heterocycles. The summed E-state index contributed by atoms with van der Waals surface area (Å²) in [6.45, 7) is 5.88. The molecule has 1 saturated heterocycles. The molecule has 0 aliphatic carbocycles. The predicted molar refractivity (Wildman–Crippen MR) is 80.1 cm³/mol. The summed E-state index contributed by atoms with van der Waals surface area (Å²) in [6.07, 6.45) is 7.10. The monoisotopic (exact) mass is 284 g/mol. The van der Waals surface area contributed by atoms with Crippen LogP contribution in [0.2, 0.25) is 0 Å². The molecule has 3 rings (SSSR count). The number of pyridine rings is 1. The zero-order chi connectivity index (χ0) is 14.9. The van der Waals surface area contributed by atoms with Crippen molar-refractivity contribution in [1.29, 1.82) is 0 Å². The number of hydrogen-bond acceptors (Lipinski definition) is 3. The maximum atomic E-state index is 12.4. The van der Waals surface area contributed by atoms with Crippen molar-refractivity contribution in [3.05, 3.63) is 47.5 Å². The minimum absolute atomic E-state index is 0.0790. The van der Waals surface area contributed by atoms with E-state index in [4.69, 9.17) is 0 Å². The van der Waals surface area contributed by atoms with E-state index in [1.54, 1.807) is 24.5 Å². The maximum Gasteiger partial charge on any atom is 0.253 e. The number of likely N-dealkylation sites (tertiary alicyclic amines) is 1. The van der Waals surface area contributed by atoms with Crippen LogP contribution in [-0.4, -0.2) is 39.1 Å². The summed E-state index contributed by atoms with van der Waals surface area (Å²) in [5, 5.41) is 7.26. The van der Waals surface area contributed by atoms with Crippen LogP contribution in [0.25, 0.3) is 0 Å². The number of piperidine rings is 1. The van der Waals surface area contributed by atoms with E-state index in [2.05, 4.69) is 29.0 Å². The van der Waals surface area contributed by atoms with Gasteiger partial charge in [0.2, 0.25) is 0 Å². The van der Waals surface area contributed by atoms with Crippen LogP contribution in [0.3, 0.4) is 0 Å². The van der Waals surface area contributed by atoms with E-state index < -0.39 is 0 Å². The van der Waals surface area contributed by atoms with E-state index in [1.807, 2.05) is 11.1 Å². The predicted octanol–water partition coefficient (Wildman–Crippen LogP) is 2.31. The Hall–Kier alpha value is -2.17. The van der Waals surface area contributed by atoms with E-state index in [-0.39, 0.29) is 11.3 Å². The van der Waals surface area contributed by atoms with Gasteiger partial charge in [0.1, 0.15) is 0 Å². The molecule has 1 amide bonds. The van der Waals surface area contributed by atoms with Crippen molar-refractivity contribution in [3.63, 3.8) is 0 Å². The van der Waals surface area contributed by atoms with Gasteiger partial charge in [-0.05, 0) is 37.5 Å². The Morgan fingerprint density at radius 1 is 1.29 bits per heavy atom. The first-order chi connectivity index (χ1) is 10.1. The number of rotatable bonds is 2. The van der Waals surface area contributed by atoms with Gasteiger partial charge in [-0.3, -0.25) is 14.9 Å². The van der Waals surface area contributed by atoms with Crippen molar-refractivity contribution in [2.45, 2.75) is 32.1 Å². The number of hydrogen-bond donors (Lipinski definition) is 1. The van der Waals surface area contributed by atoms with Crippen molar-refractivity contribution >= 4 is 5.91 Å². The number of aryl methyl sites for hydroxylation is 1. The summed E-state index contributed by atoms with van der Waals surface area (Å²) in [5.74, 6) is 0.0979. The standard InChI is InChI=1S/C16H20N4O/c1-12-11-18-19-14(12)16(2)5-9-20(10-6-16)15(21)13-3-7-17-8-4-13/h3-4,7-8,11H,5-6,9-10H2,1-2H3,(H,18,19). The van der Waals surface area contributed by atoms with Gasteiger partial charge in [-0.1, -0.05) is 6.92 Å². The van der Waals surface area contributed by atoms with Gasteiger partial charge in [0, 0.05) is 42.2 Å². The summed E-state index contributed by atoms with van der Waals surface area (Å²) in [6, 6.07) is 3.55. The number of aromatic nitrogens is 3. The normalized spacial score (nSPS) is 17.7. The van der Waals surface area contributed by atoms with Gasteiger partial charge >= 0.3 is 0 Å². The number of nitrogens with zero attached hydrogens (tertiary/aromatic N) is 3. The number of H-pyrrole nitrogens is 1. The van der Waals surface area contributed by atoms with Crippen LogP contribution in [0.1, 0.15) is 41.4 Å². The molecular formula is C16H20N4O. The third kappa shape index (κ3) is 2.55. The molecule has 1 aliphatic heterocycles. The van der Waals surface area contributed by atoms with Crippen molar-refractivity contribution < 1.29 is 4.79 Å². The summed E-state index contributed by atoms with van der Waals surface area (Å²) in [7, 11) is 0. The molecule has 3 heterocycles. The number of carbonyl (C=O) groups excluding carboxylic acids is 1. The highest BCUT2D eigenvalue weighted by molar-refractivity contribution is 5.94. The van der Waals surface area contributed by atoms with E-state index in [0.717, 1.165) is 25.9 Å². The first-order valence-corrected chi connectivity index (χ1v) is 7.30. The molecule has 5 nitrogen and oxygen atoms in total. The summed E-state index contributed by atoms with van der Waals surface area (Å²) < 4.78 is 0. The SMILES string of the molecule is Cc1cn[nH]c1C1(C)CCN(C(=O)c2ccncc2)CC1. The van der Waals surface area contributed by atoms with Crippen LogP contribution in [0, 0.1) is 6.92 Å². The van der Waals surface area contributed by atoms with Gasteiger partial charge in [-0.15, -0.1) is 0 Å². The molecule has 5 heteroatoms. The van der Waals surface area contributed by atoms with Gasteiger partial charge in [-0.2, -0.15) is 5.10 Å². The van der Waals surface area contributed by atoms with Gasteiger partial charge in [0.25, 0.3) is 5.91 Å². The molecule has 0 unspecified atom stereocenters. The highest BCUT2D eigenvalue weighted by Gasteiger charge is 2.35. The Kier molecular flexibility index (Phi) is 3.49. The third-order valence-corrected chi connectivity index (χ3v) is 4.51. The number of amides is 1. The van der Waals surface area contributed by atoms with Crippen LogP contribution in [0.4, 0.5) is 0 Å². The van der Waals surface area contributed by atoms with Gasteiger partial charge < -0.3 is 4.90 Å². The molecule has 21 heavy (non-hydrogen) atoms. The van der Waals surface area contributed by atoms with E-state index in [0.29, 0.717) is 5.56 Å². The molecule has 1 fully saturated rings. The average Bonchev–Trinajstić information content (AvgIpc) is 2.95. The lowest BCUT2D eigenvalue weighted by Crippen LogP contribution is -2.44. The number of carbonyl (C=O) groups is 1. The lowest BCUT2D eigenvalue weighted by atomic mass is 9.76. The van der Waals surface area contributed by atoms with Gasteiger partial charge in [0.05, 0.1) is 6.20 Å². The summed E-state index contributed by atoms with van der Waals surface area (Å²) in [4.78, 5) is 18.3. The summed E-state index contributed by atoms with van der Waals surface area (Å²) in [5.41, 5.74) is 3.20. The van der Waals surface area contributed by atoms with Gasteiger partial charge in [0.15, 0.2) is 0 Å². The Morgan fingerprint density at radius 3 is 2.52 bits per heavy atom. The second kappa shape index (κ2) is 5.31. The minimum Gasteiger partial charge on any atom is -0.339 e. The highest BCUT2D eigenvalue weighted by atomic mass is 16.2. The van der Waals surface area contributed by atoms with E-state index in [1.165, 1.54) is 11.3 Å². The number of nitrogens with one attached hydrogen (secondary N) is 1. The van der Waals surface area contributed by atoms with Crippen molar-refractivity contribution in [2.24, 2.45) is 0 Å². The molecule has 0 spiro atoms. The molecule has 0 atom stereocenters. The lowest BCUT2D eigenvalue weighted by molar-refractivity contribution is 0.0673. The zero-order valence-electron chi connectivity index (χ0n) is 12.5. The van der Waals surface area contributed by atoms with Crippen LogP contribution in [0.15, 0.2) is 30.7 Å². The fraction of sp³-hybridized carbons (Fsp3) is 0.438. The maximum absolute atomic E-state index is 12.4. The second-order valence-corrected chi connectivity index (χ2v) is 6.02. The molecule has 110 valence electrons. The fourth-order valence-corrected chi connectivity index (χ4v) is 3.09. The van der Waals surface area contributed by atoms with E-state index in [9.17, 15) is 4.79 Å². The van der Waals surface area contributed by atoms with Crippen molar-refractivity contribution in [2.75, 3.05) is 13.1 Å². The molecule has 1 aliphatic rings. The van der Waals surface area contributed by atoms with E-state index >= 15 is 0 Å². The Balaban J connectivity index is 1.71. The first kappa shape index (κ1) is 13.8. The Bertz CT molecular complexity index is 627. The molecule has 0 saturated carbocycles. The van der Waals surface area contributed by atoms with Gasteiger partial charge in [-0.25, -0.2) is 0 Å². The topological polar surface area (TPSA) is 61.9 Å². The molecule has 1 N–H and O–H groups in total. The third-order valence-electron chi connectivity index (χ3n) is 4.51.